The van der Waals surface area contributed by atoms with Crippen molar-refractivity contribution in [2.24, 2.45) is 11.7 Å². The van der Waals surface area contributed by atoms with E-state index in [9.17, 15) is 4.79 Å². The van der Waals surface area contributed by atoms with Crippen LogP contribution < -0.4 is 15.2 Å². The van der Waals surface area contributed by atoms with Gasteiger partial charge < -0.3 is 20.1 Å². The zero-order valence-electron chi connectivity index (χ0n) is 16.5. The Morgan fingerprint density at radius 2 is 1.78 bits per heavy atom. The molecular formula is C21H31ClN2O3. The fourth-order valence-corrected chi connectivity index (χ4v) is 4.86. The Balaban J connectivity index is 0.00000210. The molecule has 1 fully saturated rings. The number of fused-ring (bicyclic) bond motifs is 3. The van der Waals surface area contributed by atoms with Crippen LogP contribution in [0.25, 0.3) is 0 Å². The Bertz CT molecular complexity index is 716. The summed E-state index contributed by atoms with van der Waals surface area (Å²) in [6, 6.07) is 4.20. The van der Waals surface area contributed by atoms with Crippen molar-refractivity contribution in [1.29, 1.82) is 0 Å². The van der Waals surface area contributed by atoms with E-state index in [2.05, 4.69) is 24.0 Å². The van der Waals surface area contributed by atoms with Crippen LogP contribution in [-0.4, -0.2) is 36.6 Å². The molecule has 3 unspecified atom stereocenters. The number of rotatable bonds is 2. The molecule has 4 rings (SSSR count). The zero-order chi connectivity index (χ0) is 18.5. The van der Waals surface area contributed by atoms with Gasteiger partial charge in [-0.05, 0) is 49.9 Å². The topological polar surface area (TPSA) is 64.8 Å². The Morgan fingerprint density at radius 3 is 2.37 bits per heavy atom. The SMILES string of the molecule is CC(N)C(C)C(=O)N1CC2(CCCC2)c2cc3c(cc2C1C)OCCO3.Cl. The van der Waals surface area contributed by atoms with E-state index in [1.165, 1.54) is 24.0 Å². The lowest BCUT2D eigenvalue weighted by molar-refractivity contribution is -0.139. The molecule has 1 spiro atoms. The average Bonchev–Trinajstić information content (AvgIpc) is 3.11. The third kappa shape index (κ3) is 3.29. The standard InChI is InChI=1S/C21H30N2O3.ClH/c1-13(14(2)22)20(24)23-12-21(6-4-5-7-21)17-11-19-18(25-8-9-26-19)10-16(17)15(23)3;/h10-11,13-15H,4-9,12,22H2,1-3H3;1H. The lowest BCUT2D eigenvalue weighted by atomic mass is 9.71. The second kappa shape index (κ2) is 7.51. The molecule has 1 aliphatic carbocycles. The predicted octanol–water partition coefficient (Wildman–Crippen LogP) is 3.58. The predicted molar refractivity (Wildman–Crippen MR) is 108 cm³/mol. The van der Waals surface area contributed by atoms with Crippen molar-refractivity contribution >= 4 is 18.3 Å². The number of carbonyl (C=O) groups is 1. The molecule has 0 radical (unpaired) electrons. The number of ether oxygens (including phenoxy) is 2. The third-order valence-electron chi connectivity index (χ3n) is 6.70. The minimum absolute atomic E-state index is 0. The number of amides is 1. The van der Waals surface area contributed by atoms with Crippen LogP contribution in [0.1, 0.15) is 63.6 Å². The number of hydrogen-bond acceptors (Lipinski definition) is 4. The van der Waals surface area contributed by atoms with Crippen LogP contribution in [0.15, 0.2) is 12.1 Å². The van der Waals surface area contributed by atoms with Crippen molar-refractivity contribution in [3.63, 3.8) is 0 Å². The third-order valence-corrected chi connectivity index (χ3v) is 6.70. The molecule has 1 saturated carbocycles. The molecule has 0 saturated heterocycles. The lowest BCUT2D eigenvalue weighted by Crippen LogP contribution is -2.52. The van der Waals surface area contributed by atoms with Crippen molar-refractivity contribution in [3.8, 4) is 11.5 Å². The number of carbonyl (C=O) groups excluding carboxylic acids is 1. The highest BCUT2D eigenvalue weighted by molar-refractivity contribution is 5.85. The van der Waals surface area contributed by atoms with E-state index in [0.29, 0.717) is 13.2 Å². The molecule has 0 aromatic heterocycles. The van der Waals surface area contributed by atoms with Crippen molar-refractivity contribution in [3.05, 3.63) is 23.3 Å². The Hall–Kier alpha value is -1.46. The van der Waals surface area contributed by atoms with Gasteiger partial charge in [0, 0.05) is 18.0 Å². The number of hydrogen-bond donors (Lipinski definition) is 1. The van der Waals surface area contributed by atoms with Gasteiger partial charge in [0.2, 0.25) is 5.91 Å². The molecule has 2 N–H and O–H groups in total. The largest absolute Gasteiger partial charge is 0.486 e. The van der Waals surface area contributed by atoms with Gasteiger partial charge in [-0.1, -0.05) is 19.8 Å². The van der Waals surface area contributed by atoms with Crippen LogP contribution in [0.3, 0.4) is 0 Å². The fourth-order valence-electron chi connectivity index (χ4n) is 4.86. The first-order valence-corrected chi connectivity index (χ1v) is 9.93. The molecule has 150 valence electrons. The van der Waals surface area contributed by atoms with Gasteiger partial charge in [-0.3, -0.25) is 4.79 Å². The van der Waals surface area contributed by atoms with Crippen LogP contribution in [0.2, 0.25) is 0 Å². The Labute approximate surface area is 168 Å². The maximum absolute atomic E-state index is 13.2. The smallest absolute Gasteiger partial charge is 0.227 e. The van der Waals surface area contributed by atoms with Crippen molar-refractivity contribution in [2.45, 2.75) is 64.0 Å². The van der Waals surface area contributed by atoms with Crippen LogP contribution >= 0.6 is 12.4 Å². The molecule has 1 amide bonds. The summed E-state index contributed by atoms with van der Waals surface area (Å²) in [6.07, 6.45) is 4.69. The first-order valence-electron chi connectivity index (χ1n) is 9.93. The molecule has 5 nitrogen and oxygen atoms in total. The normalized spacial score (nSPS) is 24.7. The molecule has 3 atom stereocenters. The van der Waals surface area contributed by atoms with Crippen molar-refractivity contribution < 1.29 is 14.3 Å². The van der Waals surface area contributed by atoms with Crippen LogP contribution in [0, 0.1) is 5.92 Å². The molecule has 2 aliphatic heterocycles. The maximum Gasteiger partial charge on any atom is 0.227 e. The van der Waals surface area contributed by atoms with Crippen LogP contribution in [0.4, 0.5) is 0 Å². The van der Waals surface area contributed by atoms with Gasteiger partial charge in [0.05, 0.1) is 12.0 Å². The molecule has 27 heavy (non-hydrogen) atoms. The molecule has 3 aliphatic rings. The van der Waals surface area contributed by atoms with Gasteiger partial charge in [0.1, 0.15) is 13.2 Å². The number of nitrogens with two attached hydrogens (primary N) is 1. The summed E-state index contributed by atoms with van der Waals surface area (Å²) < 4.78 is 11.7. The van der Waals surface area contributed by atoms with E-state index in [-0.39, 0.29) is 41.7 Å². The summed E-state index contributed by atoms with van der Waals surface area (Å²) >= 11 is 0. The van der Waals surface area contributed by atoms with Gasteiger partial charge in [0.15, 0.2) is 11.5 Å². The highest BCUT2D eigenvalue weighted by Crippen LogP contribution is 2.52. The summed E-state index contributed by atoms with van der Waals surface area (Å²) in [5.74, 6) is 1.66. The van der Waals surface area contributed by atoms with Gasteiger partial charge in [-0.2, -0.15) is 0 Å². The monoisotopic (exact) mass is 394 g/mol. The Morgan fingerprint density at radius 1 is 1.19 bits per heavy atom. The molecule has 2 heterocycles. The molecule has 1 aromatic carbocycles. The summed E-state index contributed by atoms with van der Waals surface area (Å²) in [4.78, 5) is 15.2. The number of nitrogens with zero attached hydrogens (tertiary/aromatic N) is 1. The second-order valence-electron chi connectivity index (χ2n) is 8.36. The quantitative estimate of drug-likeness (QED) is 0.832. The molecular weight excluding hydrogens is 364 g/mol. The lowest BCUT2D eigenvalue weighted by Gasteiger charge is -2.47. The fraction of sp³-hybridized carbons (Fsp3) is 0.667. The maximum atomic E-state index is 13.2. The van der Waals surface area contributed by atoms with E-state index < -0.39 is 0 Å². The zero-order valence-corrected chi connectivity index (χ0v) is 17.3. The van der Waals surface area contributed by atoms with Gasteiger partial charge in [-0.15, -0.1) is 12.4 Å². The highest BCUT2D eigenvalue weighted by Gasteiger charge is 2.47. The summed E-state index contributed by atoms with van der Waals surface area (Å²) in [5, 5.41) is 0. The van der Waals surface area contributed by atoms with Gasteiger partial charge in [-0.25, -0.2) is 0 Å². The van der Waals surface area contributed by atoms with E-state index in [1.807, 2.05) is 13.8 Å². The highest BCUT2D eigenvalue weighted by atomic mass is 35.5. The van der Waals surface area contributed by atoms with Crippen molar-refractivity contribution in [2.75, 3.05) is 19.8 Å². The summed E-state index contributed by atoms with van der Waals surface area (Å²) in [5.41, 5.74) is 8.66. The minimum atomic E-state index is -0.172. The van der Waals surface area contributed by atoms with Crippen LogP contribution in [0.5, 0.6) is 11.5 Å². The first kappa shape index (κ1) is 20.3. The first-order chi connectivity index (χ1) is 12.4. The van der Waals surface area contributed by atoms with E-state index in [1.54, 1.807) is 0 Å². The number of halogens is 1. The van der Waals surface area contributed by atoms with E-state index in [4.69, 9.17) is 15.2 Å². The van der Waals surface area contributed by atoms with Crippen molar-refractivity contribution in [1.82, 2.24) is 4.90 Å². The molecule has 1 aromatic rings. The second-order valence-corrected chi connectivity index (χ2v) is 8.36. The number of benzene rings is 1. The molecule has 6 heteroatoms. The van der Waals surface area contributed by atoms with Gasteiger partial charge in [0.25, 0.3) is 0 Å². The van der Waals surface area contributed by atoms with Gasteiger partial charge >= 0.3 is 0 Å². The average molecular weight is 395 g/mol. The van der Waals surface area contributed by atoms with Crippen LogP contribution in [-0.2, 0) is 10.2 Å². The summed E-state index contributed by atoms with van der Waals surface area (Å²) in [7, 11) is 0. The molecule has 0 bridgehead atoms. The van der Waals surface area contributed by atoms with E-state index >= 15 is 0 Å². The van der Waals surface area contributed by atoms with E-state index in [0.717, 1.165) is 30.9 Å². The minimum Gasteiger partial charge on any atom is -0.486 e. The Kier molecular flexibility index (Phi) is 5.64. The summed E-state index contributed by atoms with van der Waals surface area (Å²) in [6.45, 7) is 7.96.